The molecule has 0 radical (unpaired) electrons. The van der Waals surface area contributed by atoms with Crippen molar-refractivity contribution in [2.24, 2.45) is 5.73 Å². The standard InChI is InChI=1S/C17H27ClN2O/c1-5-14(19)8-13-6-7-15(9-16(13)18)20-10-12(2)21-17(3,4)11-20/h6-7,9,12,14H,5,8,10-11,19H2,1-4H3. The molecule has 1 aliphatic heterocycles. The van der Waals surface area contributed by atoms with E-state index < -0.39 is 0 Å². The third-order valence-electron chi connectivity index (χ3n) is 3.98. The van der Waals surface area contributed by atoms with Gasteiger partial charge in [-0.05, 0) is 51.3 Å². The van der Waals surface area contributed by atoms with Gasteiger partial charge in [0.15, 0.2) is 0 Å². The van der Waals surface area contributed by atoms with Crippen molar-refractivity contribution in [2.45, 2.75) is 58.3 Å². The van der Waals surface area contributed by atoms with Gasteiger partial charge in [-0.15, -0.1) is 0 Å². The average Bonchev–Trinajstić information content (AvgIpc) is 2.38. The van der Waals surface area contributed by atoms with Gasteiger partial charge >= 0.3 is 0 Å². The summed E-state index contributed by atoms with van der Waals surface area (Å²) in [6.45, 7) is 10.3. The number of rotatable bonds is 4. The number of nitrogens with zero attached hydrogens (tertiary/aromatic N) is 1. The number of nitrogens with two attached hydrogens (primary N) is 1. The van der Waals surface area contributed by atoms with Crippen LogP contribution in [-0.2, 0) is 11.2 Å². The fourth-order valence-corrected chi connectivity index (χ4v) is 3.23. The van der Waals surface area contributed by atoms with E-state index in [0.717, 1.165) is 42.2 Å². The molecule has 1 aromatic carbocycles. The third-order valence-corrected chi connectivity index (χ3v) is 4.33. The maximum absolute atomic E-state index is 6.44. The zero-order chi connectivity index (χ0) is 15.6. The summed E-state index contributed by atoms with van der Waals surface area (Å²) in [5, 5.41) is 0.813. The van der Waals surface area contributed by atoms with Gasteiger partial charge in [0.25, 0.3) is 0 Å². The minimum Gasteiger partial charge on any atom is -0.369 e. The van der Waals surface area contributed by atoms with Crippen molar-refractivity contribution in [3.05, 3.63) is 28.8 Å². The smallest absolute Gasteiger partial charge is 0.0805 e. The molecule has 2 N–H and O–H groups in total. The Morgan fingerprint density at radius 2 is 2.19 bits per heavy atom. The van der Waals surface area contributed by atoms with E-state index in [4.69, 9.17) is 22.1 Å². The first-order valence-electron chi connectivity index (χ1n) is 7.77. The van der Waals surface area contributed by atoms with Crippen LogP contribution in [0, 0.1) is 0 Å². The minimum atomic E-state index is -0.132. The lowest BCUT2D eigenvalue weighted by Crippen LogP contribution is -2.52. The van der Waals surface area contributed by atoms with E-state index in [9.17, 15) is 0 Å². The monoisotopic (exact) mass is 310 g/mol. The maximum Gasteiger partial charge on any atom is 0.0805 e. The van der Waals surface area contributed by atoms with Crippen LogP contribution >= 0.6 is 11.6 Å². The first kappa shape index (κ1) is 16.6. The zero-order valence-corrected chi connectivity index (χ0v) is 14.3. The van der Waals surface area contributed by atoms with Gasteiger partial charge in [-0.1, -0.05) is 24.6 Å². The number of ether oxygens (including phenoxy) is 1. The van der Waals surface area contributed by atoms with Crippen molar-refractivity contribution in [2.75, 3.05) is 18.0 Å². The van der Waals surface area contributed by atoms with E-state index in [0.29, 0.717) is 0 Å². The minimum absolute atomic E-state index is 0.132. The third kappa shape index (κ3) is 4.35. The normalized spacial score (nSPS) is 23.1. The highest BCUT2D eigenvalue weighted by atomic mass is 35.5. The molecule has 2 unspecified atom stereocenters. The molecule has 0 saturated carbocycles. The summed E-state index contributed by atoms with van der Waals surface area (Å²) in [6.07, 6.45) is 2.02. The van der Waals surface area contributed by atoms with Crippen LogP contribution in [0.3, 0.4) is 0 Å². The van der Waals surface area contributed by atoms with Crippen LogP contribution in [0.1, 0.15) is 39.7 Å². The van der Waals surface area contributed by atoms with Crippen LogP contribution in [0.25, 0.3) is 0 Å². The molecule has 1 aliphatic rings. The fourth-order valence-electron chi connectivity index (χ4n) is 2.98. The molecule has 0 aliphatic carbocycles. The highest BCUT2D eigenvalue weighted by Crippen LogP contribution is 2.29. The molecule has 1 aromatic rings. The van der Waals surface area contributed by atoms with Crippen LogP contribution in [0.5, 0.6) is 0 Å². The predicted octanol–water partition coefficient (Wildman–Crippen LogP) is 3.62. The number of hydrogen-bond acceptors (Lipinski definition) is 3. The summed E-state index contributed by atoms with van der Waals surface area (Å²) in [5.74, 6) is 0. The van der Waals surface area contributed by atoms with Crippen molar-refractivity contribution in [1.29, 1.82) is 0 Å². The zero-order valence-electron chi connectivity index (χ0n) is 13.5. The largest absolute Gasteiger partial charge is 0.369 e. The molecular weight excluding hydrogens is 284 g/mol. The Kier molecular flexibility index (Phi) is 5.18. The number of anilines is 1. The van der Waals surface area contributed by atoms with Crippen LogP contribution in [0.4, 0.5) is 5.69 Å². The first-order valence-corrected chi connectivity index (χ1v) is 8.15. The van der Waals surface area contributed by atoms with Crippen molar-refractivity contribution in [3.63, 3.8) is 0 Å². The molecule has 1 fully saturated rings. The van der Waals surface area contributed by atoms with Crippen molar-refractivity contribution in [3.8, 4) is 0 Å². The van der Waals surface area contributed by atoms with Crippen molar-refractivity contribution < 1.29 is 4.74 Å². The molecule has 0 amide bonds. The number of morpholine rings is 1. The maximum atomic E-state index is 6.44. The Balaban J connectivity index is 2.16. The fraction of sp³-hybridized carbons (Fsp3) is 0.647. The lowest BCUT2D eigenvalue weighted by molar-refractivity contribution is -0.0749. The lowest BCUT2D eigenvalue weighted by atomic mass is 10.0. The van der Waals surface area contributed by atoms with Gasteiger partial charge < -0.3 is 15.4 Å². The number of hydrogen-bond donors (Lipinski definition) is 1. The van der Waals surface area contributed by atoms with Gasteiger partial charge in [-0.2, -0.15) is 0 Å². The summed E-state index contributed by atoms with van der Waals surface area (Å²) in [5.41, 5.74) is 8.19. The summed E-state index contributed by atoms with van der Waals surface area (Å²) in [7, 11) is 0. The molecular formula is C17H27ClN2O. The average molecular weight is 311 g/mol. The summed E-state index contributed by atoms with van der Waals surface area (Å²) in [6, 6.07) is 6.50. The lowest BCUT2D eigenvalue weighted by Gasteiger charge is -2.43. The second-order valence-electron chi connectivity index (χ2n) is 6.72. The quantitative estimate of drug-likeness (QED) is 0.923. The molecule has 1 saturated heterocycles. The summed E-state index contributed by atoms with van der Waals surface area (Å²) < 4.78 is 5.96. The van der Waals surface area contributed by atoms with Gasteiger partial charge in [-0.25, -0.2) is 0 Å². The highest BCUT2D eigenvalue weighted by molar-refractivity contribution is 6.31. The van der Waals surface area contributed by atoms with E-state index in [1.165, 1.54) is 0 Å². The van der Waals surface area contributed by atoms with Gasteiger partial charge in [0, 0.05) is 29.8 Å². The molecule has 0 bridgehead atoms. The van der Waals surface area contributed by atoms with Crippen LogP contribution < -0.4 is 10.6 Å². The Bertz CT molecular complexity index is 490. The van der Waals surface area contributed by atoms with E-state index in [2.05, 4.69) is 50.8 Å². The molecule has 2 atom stereocenters. The SMILES string of the molecule is CCC(N)Cc1ccc(N2CC(C)OC(C)(C)C2)cc1Cl. The summed E-state index contributed by atoms with van der Waals surface area (Å²) in [4.78, 5) is 2.35. The Hall–Kier alpha value is -0.770. The van der Waals surface area contributed by atoms with Crippen LogP contribution in [0.15, 0.2) is 18.2 Å². The Labute approximate surface area is 133 Å². The van der Waals surface area contributed by atoms with E-state index in [1.54, 1.807) is 0 Å². The van der Waals surface area contributed by atoms with E-state index in [-0.39, 0.29) is 17.7 Å². The van der Waals surface area contributed by atoms with Gasteiger partial charge in [-0.3, -0.25) is 0 Å². The molecule has 21 heavy (non-hydrogen) atoms. The van der Waals surface area contributed by atoms with Gasteiger partial charge in [0.05, 0.1) is 11.7 Å². The molecule has 4 heteroatoms. The van der Waals surface area contributed by atoms with Crippen LogP contribution in [-0.4, -0.2) is 30.8 Å². The Morgan fingerprint density at radius 1 is 1.48 bits per heavy atom. The van der Waals surface area contributed by atoms with Crippen molar-refractivity contribution in [1.82, 2.24) is 0 Å². The first-order chi connectivity index (χ1) is 9.80. The topological polar surface area (TPSA) is 38.5 Å². The van der Waals surface area contributed by atoms with E-state index in [1.807, 2.05) is 0 Å². The number of halogens is 1. The van der Waals surface area contributed by atoms with Gasteiger partial charge in [0.1, 0.15) is 0 Å². The second-order valence-corrected chi connectivity index (χ2v) is 7.12. The molecule has 0 aromatic heterocycles. The van der Waals surface area contributed by atoms with Crippen LogP contribution in [0.2, 0.25) is 5.02 Å². The summed E-state index contributed by atoms with van der Waals surface area (Å²) >= 11 is 6.44. The molecule has 3 nitrogen and oxygen atoms in total. The molecule has 118 valence electrons. The molecule has 0 spiro atoms. The predicted molar refractivity (Wildman–Crippen MR) is 90.3 cm³/mol. The number of benzene rings is 1. The van der Waals surface area contributed by atoms with Crippen molar-refractivity contribution >= 4 is 17.3 Å². The van der Waals surface area contributed by atoms with E-state index >= 15 is 0 Å². The second kappa shape index (κ2) is 6.55. The highest BCUT2D eigenvalue weighted by Gasteiger charge is 2.31. The molecule has 2 rings (SSSR count). The Morgan fingerprint density at radius 3 is 2.76 bits per heavy atom. The van der Waals surface area contributed by atoms with Gasteiger partial charge in [0.2, 0.25) is 0 Å². The molecule has 1 heterocycles.